The van der Waals surface area contributed by atoms with Crippen LogP contribution in [0.4, 0.5) is 0 Å². The highest BCUT2D eigenvalue weighted by atomic mass is 16.3. The lowest BCUT2D eigenvalue weighted by atomic mass is 9.40. The minimum Gasteiger partial charge on any atom is -0.390 e. The molecule has 4 aliphatic carbocycles. The van der Waals surface area contributed by atoms with E-state index in [0.717, 1.165) is 31.1 Å². The van der Waals surface area contributed by atoms with Crippen molar-refractivity contribution < 1.29 is 5.11 Å². The Bertz CT molecular complexity index is 612. The summed E-state index contributed by atoms with van der Waals surface area (Å²) < 4.78 is 0. The molecular formula is C23H36O. The lowest BCUT2D eigenvalue weighted by Gasteiger charge is -2.64. The zero-order valence-corrected chi connectivity index (χ0v) is 16.4. The molecule has 2 saturated carbocycles. The minimum absolute atomic E-state index is 0.300. The van der Waals surface area contributed by atoms with Crippen molar-refractivity contribution in [2.45, 2.75) is 91.6 Å². The number of rotatable bonds is 1. The van der Waals surface area contributed by atoms with Crippen molar-refractivity contribution >= 4 is 0 Å². The summed E-state index contributed by atoms with van der Waals surface area (Å²) in [7, 11) is 0. The summed E-state index contributed by atoms with van der Waals surface area (Å²) in [4.78, 5) is 0. The Hall–Kier alpha value is -0.560. The van der Waals surface area contributed by atoms with Crippen LogP contribution in [0, 0.1) is 28.1 Å². The second-order valence-corrected chi connectivity index (χ2v) is 10.3. The van der Waals surface area contributed by atoms with Gasteiger partial charge in [0.1, 0.15) is 0 Å². The third-order valence-corrected chi connectivity index (χ3v) is 9.34. The average molecular weight is 329 g/mol. The Labute approximate surface area is 148 Å². The van der Waals surface area contributed by atoms with E-state index < -0.39 is 5.60 Å². The molecule has 0 aliphatic heterocycles. The molecule has 0 aromatic carbocycles. The third-order valence-electron chi connectivity index (χ3n) is 9.34. The van der Waals surface area contributed by atoms with E-state index in [2.05, 4.69) is 39.8 Å². The van der Waals surface area contributed by atoms with Crippen LogP contribution in [0.15, 0.2) is 23.3 Å². The lowest BCUT2D eigenvalue weighted by Crippen LogP contribution is -2.57. The standard InChI is InChI=1S/C23H36O/c1-6-16-7-9-18-19-10-8-17-15-20(2,24)11-13-22(17,4)23(19,5)14-12-21(16,18)3/h7-8,18-19,24H,6,9-15H2,1-5H3. The number of aliphatic hydroxyl groups is 1. The first-order valence-corrected chi connectivity index (χ1v) is 10.3. The molecule has 0 aromatic rings. The van der Waals surface area contributed by atoms with Gasteiger partial charge in [0.25, 0.3) is 0 Å². The van der Waals surface area contributed by atoms with Crippen LogP contribution in [-0.2, 0) is 0 Å². The molecule has 134 valence electrons. The summed E-state index contributed by atoms with van der Waals surface area (Å²) in [6, 6.07) is 0. The van der Waals surface area contributed by atoms with Gasteiger partial charge in [-0.05, 0) is 86.4 Å². The Morgan fingerprint density at radius 1 is 0.958 bits per heavy atom. The number of fused-ring (bicyclic) bond motifs is 5. The van der Waals surface area contributed by atoms with Crippen molar-refractivity contribution in [2.75, 3.05) is 0 Å². The van der Waals surface area contributed by atoms with Crippen molar-refractivity contribution in [3.63, 3.8) is 0 Å². The first-order chi connectivity index (χ1) is 11.2. The SMILES string of the molecule is CCC1=CCC2C3CC=C4CC(C)(O)CCC4(C)C3(C)CCC12C. The van der Waals surface area contributed by atoms with Crippen LogP contribution in [0.5, 0.6) is 0 Å². The fraction of sp³-hybridized carbons (Fsp3) is 0.826. The molecule has 0 amide bonds. The molecule has 2 fully saturated rings. The molecule has 0 heterocycles. The zero-order chi connectivity index (χ0) is 17.4. The summed E-state index contributed by atoms with van der Waals surface area (Å²) in [6.45, 7) is 12.1. The topological polar surface area (TPSA) is 20.2 Å². The molecule has 1 nitrogen and oxygen atoms in total. The molecular weight excluding hydrogens is 292 g/mol. The largest absolute Gasteiger partial charge is 0.390 e. The molecule has 0 radical (unpaired) electrons. The van der Waals surface area contributed by atoms with Crippen LogP contribution >= 0.6 is 0 Å². The van der Waals surface area contributed by atoms with E-state index in [-0.39, 0.29) is 0 Å². The molecule has 4 aliphatic rings. The Morgan fingerprint density at radius 2 is 1.67 bits per heavy atom. The van der Waals surface area contributed by atoms with Gasteiger partial charge in [-0.3, -0.25) is 0 Å². The number of hydrogen-bond acceptors (Lipinski definition) is 1. The maximum atomic E-state index is 10.6. The summed E-state index contributed by atoms with van der Waals surface area (Å²) in [5.41, 5.74) is 4.00. The van der Waals surface area contributed by atoms with Crippen molar-refractivity contribution in [1.29, 1.82) is 0 Å². The Balaban J connectivity index is 1.73. The lowest BCUT2D eigenvalue weighted by molar-refractivity contribution is -0.112. The van der Waals surface area contributed by atoms with Crippen LogP contribution in [-0.4, -0.2) is 10.7 Å². The molecule has 0 bridgehead atoms. The Morgan fingerprint density at radius 3 is 2.38 bits per heavy atom. The first kappa shape index (κ1) is 16.9. The molecule has 0 saturated heterocycles. The third kappa shape index (κ3) is 1.97. The van der Waals surface area contributed by atoms with E-state index in [0.29, 0.717) is 16.2 Å². The molecule has 0 spiro atoms. The van der Waals surface area contributed by atoms with Crippen molar-refractivity contribution in [3.8, 4) is 0 Å². The van der Waals surface area contributed by atoms with E-state index in [9.17, 15) is 5.11 Å². The van der Waals surface area contributed by atoms with Gasteiger partial charge in [0.2, 0.25) is 0 Å². The molecule has 4 rings (SSSR count). The number of hydrogen-bond donors (Lipinski definition) is 1. The van der Waals surface area contributed by atoms with Crippen LogP contribution in [0.3, 0.4) is 0 Å². The van der Waals surface area contributed by atoms with Gasteiger partial charge in [-0.15, -0.1) is 0 Å². The maximum absolute atomic E-state index is 10.6. The predicted molar refractivity (Wildman–Crippen MR) is 101 cm³/mol. The van der Waals surface area contributed by atoms with Gasteiger partial charge in [0, 0.05) is 0 Å². The summed E-state index contributed by atoms with van der Waals surface area (Å²) in [5, 5.41) is 10.6. The van der Waals surface area contributed by atoms with Crippen molar-refractivity contribution in [1.82, 2.24) is 0 Å². The molecule has 1 N–H and O–H groups in total. The van der Waals surface area contributed by atoms with Crippen LogP contribution in [0.25, 0.3) is 0 Å². The predicted octanol–water partition coefficient (Wildman–Crippen LogP) is 6.04. The van der Waals surface area contributed by atoms with E-state index in [1.165, 1.54) is 32.1 Å². The van der Waals surface area contributed by atoms with Crippen molar-refractivity contribution in [3.05, 3.63) is 23.3 Å². The second-order valence-electron chi connectivity index (χ2n) is 10.3. The highest BCUT2D eigenvalue weighted by Gasteiger charge is 2.62. The zero-order valence-electron chi connectivity index (χ0n) is 16.4. The fourth-order valence-electron chi connectivity index (χ4n) is 7.35. The number of allylic oxidation sites excluding steroid dienone is 3. The van der Waals surface area contributed by atoms with Crippen molar-refractivity contribution in [2.24, 2.45) is 28.1 Å². The van der Waals surface area contributed by atoms with E-state index >= 15 is 0 Å². The highest BCUT2D eigenvalue weighted by molar-refractivity contribution is 5.33. The van der Waals surface area contributed by atoms with Gasteiger partial charge in [-0.25, -0.2) is 0 Å². The van der Waals surface area contributed by atoms with Crippen LogP contribution < -0.4 is 0 Å². The summed E-state index contributed by atoms with van der Waals surface area (Å²) >= 11 is 0. The first-order valence-electron chi connectivity index (χ1n) is 10.3. The highest BCUT2D eigenvalue weighted by Crippen LogP contribution is 2.71. The van der Waals surface area contributed by atoms with Gasteiger partial charge in [0.05, 0.1) is 5.60 Å². The molecule has 0 aromatic heterocycles. The molecule has 1 heteroatoms. The second kappa shape index (κ2) is 5.00. The van der Waals surface area contributed by atoms with Gasteiger partial charge in [0.15, 0.2) is 0 Å². The van der Waals surface area contributed by atoms with Gasteiger partial charge >= 0.3 is 0 Å². The van der Waals surface area contributed by atoms with Gasteiger partial charge < -0.3 is 5.11 Å². The average Bonchev–Trinajstić information content (AvgIpc) is 2.86. The van der Waals surface area contributed by atoms with Gasteiger partial charge in [-0.2, -0.15) is 0 Å². The smallest absolute Gasteiger partial charge is 0.0657 e. The van der Waals surface area contributed by atoms with E-state index in [4.69, 9.17) is 0 Å². The monoisotopic (exact) mass is 328 g/mol. The normalized spacial score (nSPS) is 53.6. The van der Waals surface area contributed by atoms with Gasteiger partial charge in [-0.1, -0.05) is 51.0 Å². The maximum Gasteiger partial charge on any atom is 0.0657 e. The molecule has 6 unspecified atom stereocenters. The minimum atomic E-state index is -0.484. The van der Waals surface area contributed by atoms with E-state index in [1.807, 2.05) is 6.92 Å². The van der Waals surface area contributed by atoms with Crippen LogP contribution in [0.2, 0.25) is 0 Å². The van der Waals surface area contributed by atoms with Crippen LogP contribution in [0.1, 0.15) is 86.0 Å². The summed E-state index contributed by atoms with van der Waals surface area (Å²) in [6.07, 6.45) is 14.7. The summed E-state index contributed by atoms with van der Waals surface area (Å²) in [5.74, 6) is 1.65. The quantitative estimate of drug-likeness (QED) is 0.582. The Kier molecular flexibility index (Phi) is 3.51. The molecule has 6 atom stereocenters. The fourth-order valence-corrected chi connectivity index (χ4v) is 7.35. The van der Waals surface area contributed by atoms with E-state index in [1.54, 1.807) is 11.1 Å². The molecule has 24 heavy (non-hydrogen) atoms.